The highest BCUT2D eigenvalue weighted by Crippen LogP contribution is 2.15. The van der Waals surface area contributed by atoms with E-state index in [1.165, 1.54) is 0 Å². The van der Waals surface area contributed by atoms with Gasteiger partial charge in [-0.15, -0.1) is 0 Å². The summed E-state index contributed by atoms with van der Waals surface area (Å²) < 4.78 is 6.82. The minimum Gasteiger partial charge on any atom is -0.376 e. The second-order valence-electron chi connectivity index (χ2n) is 3.31. The van der Waals surface area contributed by atoms with E-state index in [0.29, 0.717) is 13.2 Å². The van der Waals surface area contributed by atoms with Crippen LogP contribution in [0.1, 0.15) is 16.8 Å². The van der Waals surface area contributed by atoms with E-state index in [1.54, 1.807) is 17.7 Å². The van der Waals surface area contributed by atoms with Gasteiger partial charge in [0, 0.05) is 19.2 Å². The van der Waals surface area contributed by atoms with Gasteiger partial charge in [-0.3, -0.25) is 4.79 Å². The molecule has 4 nitrogen and oxygen atoms in total. The lowest BCUT2D eigenvalue weighted by molar-refractivity contribution is 0.107. The summed E-state index contributed by atoms with van der Waals surface area (Å²) in [5.74, 6) is 0. The van der Waals surface area contributed by atoms with E-state index in [2.05, 4.69) is 0 Å². The molecule has 4 heteroatoms. The predicted octanol–water partition coefficient (Wildman–Crippen LogP) is 0.330. The van der Waals surface area contributed by atoms with E-state index in [1.807, 2.05) is 6.07 Å². The summed E-state index contributed by atoms with van der Waals surface area (Å²) in [5, 5.41) is 8.74. The third-order valence-corrected chi connectivity index (χ3v) is 2.49. The Morgan fingerprint density at radius 3 is 3.14 bits per heavy atom. The third kappa shape index (κ3) is 1.22. The van der Waals surface area contributed by atoms with Crippen LogP contribution in [-0.4, -0.2) is 11.2 Å². The highest BCUT2D eigenvalue weighted by atomic mass is 16.5. The van der Waals surface area contributed by atoms with Gasteiger partial charge in [-0.1, -0.05) is 0 Å². The number of rotatable bonds is 0. The Bertz CT molecular complexity index is 468. The molecule has 0 aromatic carbocycles. The molecule has 0 spiro atoms. The quantitative estimate of drug-likeness (QED) is 0.592. The van der Waals surface area contributed by atoms with E-state index in [4.69, 9.17) is 10.00 Å². The van der Waals surface area contributed by atoms with Crippen LogP contribution >= 0.6 is 0 Å². The fourth-order valence-electron chi connectivity index (χ4n) is 1.72. The van der Waals surface area contributed by atoms with Crippen molar-refractivity contribution in [3.05, 3.63) is 33.2 Å². The smallest absolute Gasteiger partial charge is 0.268 e. The average molecular weight is 190 g/mol. The van der Waals surface area contributed by atoms with E-state index in [0.717, 1.165) is 17.7 Å². The summed E-state index contributed by atoms with van der Waals surface area (Å²) in [6.07, 6.45) is 0.743. The zero-order valence-corrected chi connectivity index (χ0v) is 7.91. The number of hydrogen-bond donors (Lipinski definition) is 0. The second-order valence-corrected chi connectivity index (χ2v) is 3.31. The lowest BCUT2D eigenvalue weighted by atomic mass is 10.1. The SMILES string of the molecule is Cn1c2c(cc(C#N)c1=O)COCC2. The molecule has 14 heavy (non-hydrogen) atoms. The highest BCUT2D eigenvalue weighted by molar-refractivity contribution is 5.34. The topological polar surface area (TPSA) is 55.0 Å². The number of hydrogen-bond acceptors (Lipinski definition) is 3. The van der Waals surface area contributed by atoms with Crippen LogP contribution in [0.2, 0.25) is 0 Å². The summed E-state index contributed by atoms with van der Waals surface area (Å²) in [4.78, 5) is 11.6. The Hall–Kier alpha value is -1.60. The summed E-state index contributed by atoms with van der Waals surface area (Å²) >= 11 is 0. The Balaban J connectivity index is 2.70. The molecule has 0 saturated heterocycles. The first kappa shape index (κ1) is 8.97. The summed E-state index contributed by atoms with van der Waals surface area (Å²) in [7, 11) is 1.70. The Kier molecular flexibility index (Phi) is 2.10. The third-order valence-electron chi connectivity index (χ3n) is 2.49. The minimum absolute atomic E-state index is 0.191. The van der Waals surface area contributed by atoms with Gasteiger partial charge in [0.25, 0.3) is 5.56 Å². The maximum Gasteiger partial charge on any atom is 0.268 e. The molecule has 0 N–H and O–H groups in total. The van der Waals surface area contributed by atoms with Crippen molar-refractivity contribution in [2.24, 2.45) is 7.05 Å². The number of fused-ring (bicyclic) bond motifs is 1. The van der Waals surface area contributed by atoms with Crippen molar-refractivity contribution in [2.45, 2.75) is 13.0 Å². The fraction of sp³-hybridized carbons (Fsp3) is 0.400. The molecule has 1 aliphatic rings. The standard InChI is InChI=1S/C10H10N2O2/c1-12-9-2-3-14-6-8(9)4-7(5-11)10(12)13/h4H,2-3,6H2,1H3. The van der Waals surface area contributed by atoms with Crippen molar-refractivity contribution in [3.8, 4) is 6.07 Å². The lowest BCUT2D eigenvalue weighted by Crippen LogP contribution is -2.27. The average Bonchev–Trinajstić information content (AvgIpc) is 2.23. The maximum absolute atomic E-state index is 11.6. The van der Waals surface area contributed by atoms with Crippen molar-refractivity contribution < 1.29 is 4.74 Å². The molecule has 0 fully saturated rings. The summed E-state index contributed by atoms with van der Waals surface area (Å²) in [5.41, 5.74) is 1.92. The molecule has 0 radical (unpaired) electrons. The molecular weight excluding hydrogens is 180 g/mol. The van der Waals surface area contributed by atoms with Gasteiger partial charge in [0.15, 0.2) is 0 Å². The number of ether oxygens (including phenoxy) is 1. The molecule has 2 rings (SSSR count). The van der Waals surface area contributed by atoms with Crippen LogP contribution in [0.3, 0.4) is 0 Å². The number of nitrogens with zero attached hydrogens (tertiary/aromatic N) is 2. The second kappa shape index (κ2) is 3.28. The zero-order valence-electron chi connectivity index (χ0n) is 7.91. The number of pyridine rings is 1. The van der Waals surface area contributed by atoms with Gasteiger partial charge in [-0.25, -0.2) is 0 Å². The van der Waals surface area contributed by atoms with Gasteiger partial charge in [0.2, 0.25) is 0 Å². The lowest BCUT2D eigenvalue weighted by Gasteiger charge is -2.19. The first-order chi connectivity index (χ1) is 6.74. The largest absolute Gasteiger partial charge is 0.376 e. The van der Waals surface area contributed by atoms with E-state index >= 15 is 0 Å². The van der Waals surface area contributed by atoms with Gasteiger partial charge in [-0.2, -0.15) is 5.26 Å². The minimum atomic E-state index is -0.215. The van der Waals surface area contributed by atoms with Gasteiger partial charge < -0.3 is 9.30 Å². The van der Waals surface area contributed by atoms with Crippen LogP contribution in [-0.2, 0) is 24.8 Å². The van der Waals surface area contributed by atoms with Crippen LogP contribution in [0.5, 0.6) is 0 Å². The summed E-state index contributed by atoms with van der Waals surface area (Å²) in [6.45, 7) is 1.14. The number of aromatic nitrogens is 1. The Morgan fingerprint density at radius 2 is 2.43 bits per heavy atom. The first-order valence-corrected chi connectivity index (χ1v) is 4.43. The number of nitriles is 1. The normalized spacial score (nSPS) is 14.6. The molecule has 2 heterocycles. The van der Waals surface area contributed by atoms with Gasteiger partial charge in [0.05, 0.1) is 13.2 Å². The molecule has 0 saturated carbocycles. The molecule has 0 atom stereocenters. The highest BCUT2D eigenvalue weighted by Gasteiger charge is 2.15. The van der Waals surface area contributed by atoms with Gasteiger partial charge in [0.1, 0.15) is 11.6 Å². The first-order valence-electron chi connectivity index (χ1n) is 4.43. The maximum atomic E-state index is 11.6. The van der Waals surface area contributed by atoms with Crippen molar-refractivity contribution in [1.82, 2.24) is 4.57 Å². The van der Waals surface area contributed by atoms with Crippen LogP contribution in [0.25, 0.3) is 0 Å². The van der Waals surface area contributed by atoms with Crippen LogP contribution in [0.4, 0.5) is 0 Å². The van der Waals surface area contributed by atoms with E-state index in [9.17, 15) is 4.79 Å². The van der Waals surface area contributed by atoms with Crippen LogP contribution in [0, 0.1) is 11.3 Å². The van der Waals surface area contributed by atoms with Crippen LogP contribution < -0.4 is 5.56 Å². The molecule has 0 bridgehead atoms. The van der Waals surface area contributed by atoms with Gasteiger partial charge >= 0.3 is 0 Å². The van der Waals surface area contributed by atoms with Crippen molar-refractivity contribution in [2.75, 3.05) is 6.61 Å². The van der Waals surface area contributed by atoms with Crippen molar-refractivity contribution in [1.29, 1.82) is 5.26 Å². The van der Waals surface area contributed by atoms with Crippen LogP contribution in [0.15, 0.2) is 10.9 Å². The molecule has 1 aromatic heterocycles. The van der Waals surface area contributed by atoms with Crippen molar-refractivity contribution in [3.63, 3.8) is 0 Å². The molecule has 0 amide bonds. The monoisotopic (exact) mass is 190 g/mol. The molecule has 1 aromatic rings. The van der Waals surface area contributed by atoms with Crippen molar-refractivity contribution >= 4 is 0 Å². The molecule has 0 aliphatic carbocycles. The zero-order chi connectivity index (χ0) is 10.1. The Labute approximate surface area is 81.3 Å². The molecule has 1 aliphatic heterocycles. The molecular formula is C10H10N2O2. The van der Waals surface area contributed by atoms with Gasteiger partial charge in [-0.05, 0) is 11.6 Å². The summed E-state index contributed by atoms with van der Waals surface area (Å²) in [6, 6.07) is 3.53. The molecule has 0 unspecified atom stereocenters. The molecule has 72 valence electrons. The Morgan fingerprint density at radius 1 is 1.64 bits per heavy atom. The predicted molar refractivity (Wildman–Crippen MR) is 49.8 cm³/mol. The fourth-order valence-corrected chi connectivity index (χ4v) is 1.72. The van der Waals surface area contributed by atoms with E-state index < -0.39 is 0 Å². The van der Waals surface area contributed by atoms with E-state index in [-0.39, 0.29) is 11.1 Å².